The molecule has 0 radical (unpaired) electrons. The van der Waals surface area contributed by atoms with E-state index in [0.717, 1.165) is 0 Å². The van der Waals surface area contributed by atoms with Crippen LogP contribution < -0.4 is 10.6 Å². The first kappa shape index (κ1) is 10.4. The number of nitrogens with zero attached hydrogens (tertiary/aromatic N) is 2. The zero-order valence-electron chi connectivity index (χ0n) is 8.95. The van der Waals surface area contributed by atoms with Gasteiger partial charge in [-0.25, -0.2) is 9.79 Å². The van der Waals surface area contributed by atoms with E-state index in [-0.39, 0.29) is 11.3 Å². The molecule has 1 aliphatic heterocycles. The van der Waals surface area contributed by atoms with Gasteiger partial charge in [0.2, 0.25) is 0 Å². The lowest BCUT2D eigenvalue weighted by atomic mass is 10.1. The largest absolute Gasteiger partial charge is 0.478 e. The van der Waals surface area contributed by atoms with Gasteiger partial charge in [0, 0.05) is 22.9 Å². The molecule has 1 aromatic rings. The van der Waals surface area contributed by atoms with Crippen LogP contribution in [0.1, 0.15) is 0 Å². The van der Waals surface area contributed by atoms with E-state index in [1.807, 2.05) is 0 Å². The maximum Gasteiger partial charge on any atom is 0.335 e. The van der Waals surface area contributed by atoms with Gasteiger partial charge in [-0.15, -0.1) is 0 Å². The van der Waals surface area contributed by atoms with Crippen LogP contribution in [0.5, 0.6) is 0 Å². The minimum Gasteiger partial charge on any atom is -0.478 e. The van der Waals surface area contributed by atoms with Crippen LogP contribution in [0.15, 0.2) is 46.6 Å². The number of aliphatic carboxylic acids is 1. The second-order valence-electron chi connectivity index (χ2n) is 3.92. The Bertz CT molecular complexity index is 787. The number of nitro groups is 1. The van der Waals surface area contributed by atoms with Crippen molar-refractivity contribution in [3.8, 4) is 0 Å². The van der Waals surface area contributed by atoms with Crippen molar-refractivity contribution in [3.63, 3.8) is 0 Å². The van der Waals surface area contributed by atoms with Crippen LogP contribution in [0, 0.1) is 10.1 Å². The minimum absolute atomic E-state index is 0.0325. The van der Waals surface area contributed by atoms with Crippen molar-refractivity contribution in [3.05, 3.63) is 62.3 Å². The number of carboxylic acids is 1. The third-order valence-corrected chi connectivity index (χ3v) is 2.84. The second-order valence-corrected chi connectivity index (χ2v) is 3.92. The molecule has 0 spiro atoms. The molecular formula is C12H6N2O4. The molecule has 0 bridgehead atoms. The Kier molecular flexibility index (Phi) is 1.94. The van der Waals surface area contributed by atoms with Crippen molar-refractivity contribution in [2.45, 2.75) is 0 Å². The normalized spacial score (nSPS) is 15.4. The summed E-state index contributed by atoms with van der Waals surface area (Å²) in [6, 6.07) is 4.36. The van der Waals surface area contributed by atoms with Gasteiger partial charge in [0.25, 0.3) is 5.69 Å². The summed E-state index contributed by atoms with van der Waals surface area (Å²) in [5.74, 6) is -1.04. The van der Waals surface area contributed by atoms with E-state index in [4.69, 9.17) is 5.11 Å². The van der Waals surface area contributed by atoms with E-state index in [2.05, 4.69) is 4.99 Å². The smallest absolute Gasteiger partial charge is 0.335 e. The highest BCUT2D eigenvalue weighted by atomic mass is 16.6. The molecule has 0 saturated carbocycles. The van der Waals surface area contributed by atoms with Gasteiger partial charge in [-0.1, -0.05) is 0 Å². The third-order valence-electron chi connectivity index (χ3n) is 2.84. The summed E-state index contributed by atoms with van der Waals surface area (Å²) in [6.07, 6.45) is 2.94. The monoisotopic (exact) mass is 242 g/mol. The van der Waals surface area contributed by atoms with Crippen LogP contribution in [-0.2, 0) is 4.79 Å². The zero-order valence-corrected chi connectivity index (χ0v) is 8.95. The lowest BCUT2D eigenvalue weighted by Crippen LogP contribution is -2.22. The van der Waals surface area contributed by atoms with E-state index in [1.54, 1.807) is 6.07 Å². The van der Waals surface area contributed by atoms with E-state index < -0.39 is 10.9 Å². The molecule has 0 atom stereocenters. The number of benzene rings is 1. The van der Waals surface area contributed by atoms with Crippen LogP contribution in [0.4, 0.5) is 5.69 Å². The summed E-state index contributed by atoms with van der Waals surface area (Å²) in [5.41, 5.74) is 1.28. The lowest BCUT2D eigenvalue weighted by Gasteiger charge is -1.91. The Morgan fingerprint density at radius 1 is 1.33 bits per heavy atom. The molecule has 0 fully saturated rings. The molecule has 0 amide bonds. The fourth-order valence-corrected chi connectivity index (χ4v) is 2.01. The van der Waals surface area contributed by atoms with Crippen LogP contribution >= 0.6 is 0 Å². The minimum atomic E-state index is -1.04. The molecule has 0 saturated heterocycles. The van der Waals surface area contributed by atoms with Crippen molar-refractivity contribution in [2.75, 3.05) is 0 Å². The molecule has 88 valence electrons. The average molecular weight is 242 g/mol. The summed E-state index contributed by atoms with van der Waals surface area (Å²) in [5, 5.41) is 20.8. The molecule has 6 nitrogen and oxygen atoms in total. The van der Waals surface area contributed by atoms with Gasteiger partial charge >= 0.3 is 5.97 Å². The molecule has 1 aromatic carbocycles. The molecule has 1 heterocycles. The quantitative estimate of drug-likeness (QED) is 0.595. The number of carboxylic acid groups (broad SMARTS) is 1. The van der Waals surface area contributed by atoms with Crippen LogP contribution in [0.25, 0.3) is 5.57 Å². The van der Waals surface area contributed by atoms with Crippen molar-refractivity contribution < 1.29 is 14.8 Å². The maximum absolute atomic E-state index is 10.8. The molecule has 1 aliphatic carbocycles. The predicted molar refractivity (Wildman–Crippen MR) is 61.1 cm³/mol. The van der Waals surface area contributed by atoms with Gasteiger partial charge in [0.15, 0.2) is 0 Å². The van der Waals surface area contributed by atoms with Crippen molar-refractivity contribution in [1.82, 2.24) is 0 Å². The molecule has 3 rings (SSSR count). The molecule has 2 aliphatic rings. The van der Waals surface area contributed by atoms with Crippen molar-refractivity contribution >= 4 is 17.2 Å². The van der Waals surface area contributed by atoms with Gasteiger partial charge in [0.1, 0.15) is 0 Å². The van der Waals surface area contributed by atoms with Gasteiger partial charge in [-0.3, -0.25) is 10.1 Å². The molecule has 0 aromatic heterocycles. The SMILES string of the molecule is O=C(O)C1=CC2=c3cc([N+](=O)[O-])ccc3=NC2=C1. The number of fused-ring (bicyclic) bond motifs is 2. The van der Waals surface area contributed by atoms with Gasteiger partial charge in [-0.05, 0) is 18.2 Å². The summed E-state index contributed by atoms with van der Waals surface area (Å²) < 4.78 is 0. The van der Waals surface area contributed by atoms with E-state index >= 15 is 0 Å². The Morgan fingerprint density at radius 2 is 2.11 bits per heavy atom. The summed E-state index contributed by atoms with van der Waals surface area (Å²) in [4.78, 5) is 25.3. The van der Waals surface area contributed by atoms with E-state index in [1.165, 1.54) is 24.3 Å². The average Bonchev–Trinajstić information content (AvgIpc) is 2.84. The summed E-state index contributed by atoms with van der Waals surface area (Å²) >= 11 is 0. The number of allylic oxidation sites excluding steroid dienone is 1. The Hall–Kier alpha value is -2.76. The molecular weight excluding hydrogens is 236 g/mol. The number of hydrogen-bond donors (Lipinski definition) is 1. The Labute approximate surface area is 100 Å². The lowest BCUT2D eigenvalue weighted by molar-refractivity contribution is -0.385. The van der Waals surface area contributed by atoms with Crippen molar-refractivity contribution in [1.29, 1.82) is 0 Å². The molecule has 6 heteroatoms. The third kappa shape index (κ3) is 1.36. The first-order chi connectivity index (χ1) is 8.56. The topological polar surface area (TPSA) is 92.8 Å². The Balaban J connectivity index is 2.29. The highest BCUT2D eigenvalue weighted by molar-refractivity contribution is 5.98. The highest BCUT2D eigenvalue weighted by Crippen LogP contribution is 2.26. The Morgan fingerprint density at radius 3 is 2.78 bits per heavy atom. The van der Waals surface area contributed by atoms with Crippen LogP contribution in [-0.4, -0.2) is 16.0 Å². The predicted octanol–water partition coefficient (Wildman–Crippen LogP) is 0.287. The van der Waals surface area contributed by atoms with Crippen LogP contribution in [0.3, 0.4) is 0 Å². The first-order valence-corrected chi connectivity index (χ1v) is 5.11. The second kappa shape index (κ2) is 3.36. The molecule has 18 heavy (non-hydrogen) atoms. The van der Waals surface area contributed by atoms with Crippen molar-refractivity contribution in [2.24, 2.45) is 4.99 Å². The van der Waals surface area contributed by atoms with E-state index in [0.29, 0.717) is 21.8 Å². The standard InChI is InChI=1S/C12H6N2O4/c15-12(16)6-3-8-9-5-7(14(17)18)1-2-10(9)13-11(8)4-6/h1-5H,(H,15,16). The maximum atomic E-state index is 10.8. The number of nitro benzene ring substituents is 1. The van der Waals surface area contributed by atoms with Gasteiger partial charge in [-0.2, -0.15) is 0 Å². The number of rotatable bonds is 2. The first-order valence-electron chi connectivity index (χ1n) is 5.11. The number of non-ortho nitro benzene ring substituents is 1. The van der Waals surface area contributed by atoms with Gasteiger partial charge in [0.05, 0.1) is 21.6 Å². The molecule has 0 unspecified atom stereocenters. The molecule has 1 N–H and O–H groups in total. The number of hydrogen-bond acceptors (Lipinski definition) is 4. The highest BCUT2D eigenvalue weighted by Gasteiger charge is 2.21. The zero-order chi connectivity index (χ0) is 12.9. The van der Waals surface area contributed by atoms with E-state index in [9.17, 15) is 14.9 Å². The fourth-order valence-electron chi connectivity index (χ4n) is 2.01. The number of carbonyl (C=O) groups is 1. The summed E-state index contributed by atoms with van der Waals surface area (Å²) in [7, 11) is 0. The summed E-state index contributed by atoms with van der Waals surface area (Å²) in [6.45, 7) is 0. The van der Waals surface area contributed by atoms with Gasteiger partial charge < -0.3 is 5.11 Å². The fraction of sp³-hybridized carbons (Fsp3) is 0. The van der Waals surface area contributed by atoms with Crippen LogP contribution in [0.2, 0.25) is 0 Å².